The molecule has 0 aromatic heterocycles. The number of nitrogens with one attached hydrogen (secondary N) is 2. The largest absolute Gasteiger partial charge is 0.489 e. The Morgan fingerprint density at radius 3 is 2.17 bits per heavy atom. The van der Waals surface area contributed by atoms with Crippen LogP contribution in [0, 0.1) is 6.92 Å². The smallest absolute Gasteiger partial charge is 0.283 e. The highest BCUT2D eigenvalue weighted by atomic mass is 35.5. The molecule has 206 valence electrons. The van der Waals surface area contributed by atoms with Gasteiger partial charge in [0.2, 0.25) is 5.91 Å². The quantitative estimate of drug-likeness (QED) is 0.210. The van der Waals surface area contributed by atoms with E-state index >= 15 is 0 Å². The molecule has 0 radical (unpaired) electrons. The molecule has 0 atom stereocenters. The van der Waals surface area contributed by atoms with Gasteiger partial charge in [0.15, 0.2) is 0 Å². The second kappa shape index (κ2) is 12.3. The van der Waals surface area contributed by atoms with Crippen molar-refractivity contribution in [3.8, 4) is 5.75 Å². The average Bonchev–Trinajstić information content (AvgIpc) is 3.18. The summed E-state index contributed by atoms with van der Waals surface area (Å²) in [6, 6.07) is 29.0. The summed E-state index contributed by atoms with van der Waals surface area (Å²) in [4.78, 5) is 39.5. The van der Waals surface area contributed by atoms with Crippen LogP contribution in [0.2, 0.25) is 5.02 Å². The Kier molecular flexibility index (Phi) is 8.38. The fourth-order valence-corrected chi connectivity index (χ4v) is 4.67. The maximum absolute atomic E-state index is 13.1. The molecule has 7 nitrogen and oxygen atoms in total. The van der Waals surface area contributed by atoms with Gasteiger partial charge >= 0.3 is 0 Å². The zero-order chi connectivity index (χ0) is 28.9. The molecule has 0 bridgehead atoms. The predicted octanol–water partition coefficient (Wildman–Crippen LogP) is 6.84. The van der Waals surface area contributed by atoms with Crippen LogP contribution < -0.4 is 20.3 Å². The van der Waals surface area contributed by atoms with Crippen LogP contribution in [0.15, 0.2) is 108 Å². The Labute approximate surface area is 247 Å². The van der Waals surface area contributed by atoms with Gasteiger partial charge in [0, 0.05) is 16.4 Å². The van der Waals surface area contributed by atoms with Gasteiger partial charge in [0.1, 0.15) is 23.1 Å². The van der Waals surface area contributed by atoms with E-state index in [9.17, 15) is 14.4 Å². The van der Waals surface area contributed by atoms with E-state index in [1.807, 2.05) is 42.5 Å². The minimum Gasteiger partial charge on any atom is -0.489 e. The number of carbonyl (C=O) groups excluding carboxylic acids is 3. The first-order valence-corrected chi connectivity index (χ1v) is 13.5. The first-order valence-electron chi connectivity index (χ1n) is 12.8. The number of hydrogen-bond acceptors (Lipinski definition) is 5. The van der Waals surface area contributed by atoms with E-state index in [-0.39, 0.29) is 23.1 Å². The standard InChI is InChI=1S/C32H25Cl2N3O4/c1-20-26(33)8-5-9-27(20)37-31(39)29(34)30(32(37)40)36-24-12-10-21(11-13-24)18-28(38)35-23-14-16-25(17-15-23)41-19-22-6-3-2-4-7-22/h2-17,36H,18-19H2,1H3,(H,35,38). The fourth-order valence-electron chi connectivity index (χ4n) is 4.28. The Morgan fingerprint density at radius 1 is 0.780 bits per heavy atom. The number of amides is 3. The van der Waals surface area contributed by atoms with Crippen molar-refractivity contribution in [1.82, 2.24) is 0 Å². The van der Waals surface area contributed by atoms with Gasteiger partial charge in [-0.1, -0.05) is 71.7 Å². The van der Waals surface area contributed by atoms with Gasteiger partial charge < -0.3 is 15.4 Å². The monoisotopic (exact) mass is 585 g/mol. The van der Waals surface area contributed by atoms with E-state index in [4.69, 9.17) is 27.9 Å². The molecule has 2 N–H and O–H groups in total. The third-order valence-electron chi connectivity index (χ3n) is 6.48. The number of carbonyl (C=O) groups is 3. The number of nitrogens with zero attached hydrogens (tertiary/aromatic N) is 1. The molecule has 1 aliphatic rings. The molecule has 5 rings (SSSR count). The molecule has 0 saturated heterocycles. The second-order valence-corrected chi connectivity index (χ2v) is 10.1. The normalized spacial score (nSPS) is 13.0. The third kappa shape index (κ3) is 6.43. The molecule has 4 aromatic rings. The highest BCUT2D eigenvalue weighted by Gasteiger charge is 2.39. The van der Waals surface area contributed by atoms with E-state index in [1.165, 1.54) is 0 Å². The van der Waals surface area contributed by atoms with Crippen molar-refractivity contribution in [2.75, 3.05) is 15.5 Å². The molecule has 0 spiro atoms. The van der Waals surface area contributed by atoms with Gasteiger partial charge in [0.05, 0.1) is 12.1 Å². The summed E-state index contributed by atoms with van der Waals surface area (Å²) in [5.74, 6) is -0.684. The summed E-state index contributed by atoms with van der Waals surface area (Å²) in [5.41, 5.74) is 3.97. The summed E-state index contributed by atoms with van der Waals surface area (Å²) >= 11 is 12.4. The molecule has 3 amide bonds. The van der Waals surface area contributed by atoms with Crippen molar-refractivity contribution < 1.29 is 19.1 Å². The lowest BCUT2D eigenvalue weighted by Crippen LogP contribution is -2.32. The first-order chi connectivity index (χ1) is 19.8. The summed E-state index contributed by atoms with van der Waals surface area (Å²) in [7, 11) is 0. The molecule has 0 saturated carbocycles. The molecule has 9 heteroatoms. The van der Waals surface area contributed by atoms with Crippen LogP contribution in [0.25, 0.3) is 0 Å². The van der Waals surface area contributed by atoms with Crippen molar-refractivity contribution in [3.05, 3.63) is 130 Å². The van der Waals surface area contributed by atoms with Gasteiger partial charge in [-0.25, -0.2) is 4.90 Å². The molecular formula is C32H25Cl2N3O4. The lowest BCUT2D eigenvalue weighted by Gasteiger charge is -2.18. The number of hydrogen-bond donors (Lipinski definition) is 2. The van der Waals surface area contributed by atoms with Crippen LogP contribution in [-0.2, 0) is 27.4 Å². The maximum Gasteiger partial charge on any atom is 0.283 e. The average molecular weight is 586 g/mol. The molecule has 1 aliphatic heterocycles. The van der Waals surface area contributed by atoms with E-state index in [0.717, 1.165) is 16.0 Å². The van der Waals surface area contributed by atoms with Crippen molar-refractivity contribution >= 4 is 58.0 Å². The van der Waals surface area contributed by atoms with Crippen molar-refractivity contribution in [1.29, 1.82) is 0 Å². The summed E-state index contributed by atoms with van der Waals surface area (Å²) < 4.78 is 5.79. The van der Waals surface area contributed by atoms with Crippen molar-refractivity contribution in [3.63, 3.8) is 0 Å². The van der Waals surface area contributed by atoms with E-state index in [0.29, 0.717) is 40.0 Å². The van der Waals surface area contributed by atoms with Gasteiger partial charge in [-0.3, -0.25) is 14.4 Å². The van der Waals surface area contributed by atoms with Crippen molar-refractivity contribution in [2.45, 2.75) is 20.0 Å². The first kappa shape index (κ1) is 28.0. The van der Waals surface area contributed by atoms with Gasteiger partial charge in [-0.15, -0.1) is 0 Å². The Bertz CT molecular complexity index is 1640. The van der Waals surface area contributed by atoms with Crippen LogP contribution >= 0.6 is 23.2 Å². The lowest BCUT2D eigenvalue weighted by molar-refractivity contribution is -0.120. The number of rotatable bonds is 9. The zero-order valence-corrected chi connectivity index (χ0v) is 23.5. The predicted molar refractivity (Wildman–Crippen MR) is 161 cm³/mol. The fraction of sp³-hybridized carbons (Fsp3) is 0.0938. The molecule has 4 aromatic carbocycles. The molecule has 41 heavy (non-hydrogen) atoms. The summed E-state index contributed by atoms with van der Waals surface area (Å²) in [6.07, 6.45) is 0.148. The second-order valence-electron chi connectivity index (χ2n) is 9.36. The zero-order valence-electron chi connectivity index (χ0n) is 22.0. The Hall–Kier alpha value is -4.59. The van der Waals surface area contributed by atoms with Crippen LogP contribution in [0.4, 0.5) is 17.1 Å². The van der Waals surface area contributed by atoms with Crippen LogP contribution in [0.1, 0.15) is 16.7 Å². The molecular weight excluding hydrogens is 561 g/mol. The van der Waals surface area contributed by atoms with Crippen molar-refractivity contribution in [2.24, 2.45) is 0 Å². The highest BCUT2D eigenvalue weighted by molar-refractivity contribution is 6.53. The number of anilines is 3. The summed E-state index contributed by atoms with van der Waals surface area (Å²) in [5, 5.41) is 6.04. The van der Waals surface area contributed by atoms with Crippen LogP contribution in [-0.4, -0.2) is 17.7 Å². The molecule has 0 fully saturated rings. The number of halogens is 2. The van der Waals surface area contributed by atoms with Gasteiger partial charge in [-0.2, -0.15) is 0 Å². The third-order valence-corrected chi connectivity index (χ3v) is 7.24. The Balaban J connectivity index is 1.16. The number of ether oxygens (including phenoxy) is 1. The van der Waals surface area contributed by atoms with E-state index < -0.39 is 11.8 Å². The Morgan fingerprint density at radius 2 is 1.46 bits per heavy atom. The van der Waals surface area contributed by atoms with Gasteiger partial charge in [0.25, 0.3) is 11.8 Å². The topological polar surface area (TPSA) is 87.7 Å². The van der Waals surface area contributed by atoms with Crippen LogP contribution in [0.5, 0.6) is 5.75 Å². The summed E-state index contributed by atoms with van der Waals surface area (Å²) in [6.45, 7) is 2.19. The number of imide groups is 1. The SMILES string of the molecule is Cc1c(Cl)cccc1N1C(=O)C(Cl)=C(Nc2ccc(CC(=O)Nc3ccc(OCc4ccccc4)cc3)cc2)C1=O. The van der Waals surface area contributed by atoms with Gasteiger partial charge in [-0.05, 0) is 72.1 Å². The molecule has 0 unspecified atom stereocenters. The van der Waals surface area contributed by atoms with E-state index in [2.05, 4.69) is 10.6 Å². The van der Waals surface area contributed by atoms with E-state index in [1.54, 1.807) is 61.5 Å². The highest BCUT2D eigenvalue weighted by Crippen LogP contribution is 2.34. The number of benzene rings is 4. The minimum absolute atomic E-state index is 0.0299. The minimum atomic E-state index is -0.631. The van der Waals surface area contributed by atoms with Crippen LogP contribution in [0.3, 0.4) is 0 Å². The maximum atomic E-state index is 13.1. The molecule has 0 aliphatic carbocycles. The molecule has 1 heterocycles. The lowest BCUT2D eigenvalue weighted by atomic mass is 10.1.